The molecule has 0 heterocycles. The summed E-state index contributed by atoms with van der Waals surface area (Å²) in [4.78, 5) is 11.1. The van der Waals surface area contributed by atoms with Gasteiger partial charge in [-0.25, -0.2) is 4.79 Å². The molecule has 0 atom stereocenters. The van der Waals surface area contributed by atoms with E-state index in [4.69, 9.17) is 9.29 Å². The Balaban J connectivity index is 2.71. The Labute approximate surface area is 124 Å². The third-order valence-corrected chi connectivity index (χ3v) is 3.02. The van der Waals surface area contributed by atoms with Gasteiger partial charge in [0.25, 0.3) is 10.1 Å². The lowest BCUT2D eigenvalue weighted by atomic mass is 10.2. The smallest absolute Gasteiger partial charge is 0.408 e. The maximum atomic E-state index is 11.4. The molecule has 1 aromatic carbocycles. The normalized spacial score (nSPS) is 11.2. The SMILES string of the molecule is CC(C)(C)OC(=O)NCC#Cc1ccccc1S(=O)(=O)O. The lowest BCUT2D eigenvalue weighted by Gasteiger charge is -2.19. The van der Waals surface area contributed by atoms with Gasteiger partial charge in [-0.1, -0.05) is 24.0 Å². The van der Waals surface area contributed by atoms with E-state index in [0.717, 1.165) is 0 Å². The van der Waals surface area contributed by atoms with Gasteiger partial charge in [-0.3, -0.25) is 4.55 Å². The Morgan fingerprint density at radius 3 is 2.52 bits per heavy atom. The van der Waals surface area contributed by atoms with Crippen LogP contribution in [0.2, 0.25) is 0 Å². The van der Waals surface area contributed by atoms with E-state index in [-0.39, 0.29) is 17.0 Å². The molecule has 2 N–H and O–H groups in total. The first-order valence-corrected chi connectivity index (χ1v) is 7.56. The van der Waals surface area contributed by atoms with Gasteiger partial charge in [0.15, 0.2) is 0 Å². The molecule has 0 spiro atoms. The number of hydrogen-bond donors (Lipinski definition) is 2. The molecule has 0 fully saturated rings. The summed E-state index contributed by atoms with van der Waals surface area (Å²) in [5, 5.41) is 2.42. The first-order valence-electron chi connectivity index (χ1n) is 6.12. The highest BCUT2D eigenvalue weighted by Crippen LogP contribution is 2.13. The number of hydrogen-bond acceptors (Lipinski definition) is 4. The van der Waals surface area contributed by atoms with Crippen molar-refractivity contribution in [3.63, 3.8) is 0 Å². The molecular weight excluding hydrogens is 294 g/mol. The monoisotopic (exact) mass is 311 g/mol. The zero-order chi connectivity index (χ0) is 16.1. The van der Waals surface area contributed by atoms with Crippen molar-refractivity contribution in [1.29, 1.82) is 0 Å². The Morgan fingerprint density at radius 1 is 1.33 bits per heavy atom. The van der Waals surface area contributed by atoms with E-state index in [9.17, 15) is 13.2 Å². The summed E-state index contributed by atoms with van der Waals surface area (Å²) in [5.74, 6) is 5.17. The average Bonchev–Trinajstić information content (AvgIpc) is 2.32. The minimum absolute atomic E-state index is 0.00523. The Kier molecular flexibility index (Phi) is 5.35. The highest BCUT2D eigenvalue weighted by atomic mass is 32.2. The van der Waals surface area contributed by atoms with Crippen LogP contribution >= 0.6 is 0 Å². The number of rotatable bonds is 2. The second-order valence-electron chi connectivity index (χ2n) is 5.13. The van der Waals surface area contributed by atoms with Crippen LogP contribution in [0.4, 0.5) is 4.79 Å². The molecule has 1 aromatic rings. The summed E-state index contributed by atoms with van der Waals surface area (Å²) >= 11 is 0. The molecule has 114 valence electrons. The van der Waals surface area contributed by atoms with E-state index in [2.05, 4.69) is 17.2 Å². The van der Waals surface area contributed by atoms with Crippen molar-refractivity contribution in [2.24, 2.45) is 0 Å². The molecule has 0 bridgehead atoms. The van der Waals surface area contributed by atoms with Gasteiger partial charge in [0.2, 0.25) is 0 Å². The fourth-order valence-corrected chi connectivity index (χ4v) is 2.01. The van der Waals surface area contributed by atoms with E-state index in [1.165, 1.54) is 18.2 Å². The zero-order valence-corrected chi connectivity index (χ0v) is 12.8. The van der Waals surface area contributed by atoms with Gasteiger partial charge in [-0.2, -0.15) is 8.42 Å². The molecule has 0 aromatic heterocycles. The predicted molar refractivity (Wildman–Crippen MR) is 77.4 cm³/mol. The lowest BCUT2D eigenvalue weighted by Crippen LogP contribution is -2.32. The minimum Gasteiger partial charge on any atom is -0.444 e. The number of ether oxygens (including phenoxy) is 1. The van der Waals surface area contributed by atoms with Gasteiger partial charge < -0.3 is 10.1 Å². The van der Waals surface area contributed by atoms with Gasteiger partial charge in [0.1, 0.15) is 10.5 Å². The van der Waals surface area contributed by atoms with Crippen LogP contribution < -0.4 is 5.32 Å². The van der Waals surface area contributed by atoms with Gasteiger partial charge in [0.05, 0.1) is 6.54 Å². The number of benzene rings is 1. The van der Waals surface area contributed by atoms with Gasteiger partial charge in [-0.05, 0) is 32.9 Å². The number of carbonyl (C=O) groups is 1. The van der Waals surface area contributed by atoms with E-state index >= 15 is 0 Å². The fourth-order valence-electron chi connectivity index (χ4n) is 1.36. The molecule has 0 saturated carbocycles. The maximum Gasteiger partial charge on any atom is 0.408 e. The van der Waals surface area contributed by atoms with Crippen molar-refractivity contribution in [3.05, 3.63) is 29.8 Å². The summed E-state index contributed by atoms with van der Waals surface area (Å²) in [6.07, 6.45) is -0.611. The van der Waals surface area contributed by atoms with E-state index in [0.29, 0.717) is 0 Å². The molecule has 21 heavy (non-hydrogen) atoms. The molecule has 0 aliphatic heterocycles. The Morgan fingerprint density at radius 2 is 1.95 bits per heavy atom. The van der Waals surface area contributed by atoms with Crippen molar-refractivity contribution in [2.75, 3.05) is 6.54 Å². The van der Waals surface area contributed by atoms with Crippen molar-refractivity contribution >= 4 is 16.2 Å². The molecule has 0 aliphatic carbocycles. The molecule has 0 aliphatic rings. The maximum absolute atomic E-state index is 11.4. The fraction of sp³-hybridized carbons (Fsp3) is 0.357. The van der Waals surface area contributed by atoms with Gasteiger partial charge in [0, 0.05) is 5.56 Å². The number of alkyl carbamates (subject to hydrolysis) is 1. The predicted octanol–water partition coefficient (Wildman–Crippen LogP) is 1.81. The first kappa shape index (κ1) is 17.0. The van der Waals surface area contributed by atoms with Crippen LogP contribution in [0.25, 0.3) is 0 Å². The van der Waals surface area contributed by atoms with Crippen molar-refractivity contribution in [3.8, 4) is 11.8 Å². The van der Waals surface area contributed by atoms with Gasteiger partial charge in [-0.15, -0.1) is 0 Å². The van der Waals surface area contributed by atoms with Crippen LogP contribution in [-0.4, -0.2) is 31.2 Å². The summed E-state index contributed by atoms with van der Waals surface area (Å²) < 4.78 is 36.4. The highest BCUT2D eigenvalue weighted by molar-refractivity contribution is 7.85. The molecule has 6 nitrogen and oxygen atoms in total. The zero-order valence-electron chi connectivity index (χ0n) is 12.0. The molecule has 0 unspecified atom stereocenters. The minimum atomic E-state index is -4.33. The summed E-state index contributed by atoms with van der Waals surface area (Å²) in [5.41, 5.74) is -0.444. The van der Waals surface area contributed by atoms with Crippen molar-refractivity contribution in [2.45, 2.75) is 31.3 Å². The van der Waals surface area contributed by atoms with Crippen LogP contribution in [0.5, 0.6) is 0 Å². The van der Waals surface area contributed by atoms with Crippen LogP contribution in [0.1, 0.15) is 26.3 Å². The quantitative estimate of drug-likeness (QED) is 0.642. The number of carbonyl (C=O) groups excluding carboxylic acids is 1. The Hall–Kier alpha value is -2.04. The second kappa shape index (κ2) is 6.61. The molecule has 0 radical (unpaired) electrons. The topological polar surface area (TPSA) is 92.7 Å². The Bertz CT molecular complexity index is 677. The number of nitrogens with one attached hydrogen (secondary N) is 1. The first-order chi connectivity index (χ1) is 9.59. The van der Waals surface area contributed by atoms with Crippen LogP contribution in [0, 0.1) is 11.8 Å². The highest BCUT2D eigenvalue weighted by Gasteiger charge is 2.15. The van der Waals surface area contributed by atoms with Crippen molar-refractivity contribution in [1.82, 2.24) is 5.32 Å². The third kappa shape index (κ3) is 6.29. The molecular formula is C14H17NO5S. The van der Waals surface area contributed by atoms with E-state index in [1.807, 2.05) is 0 Å². The van der Waals surface area contributed by atoms with E-state index < -0.39 is 21.8 Å². The average molecular weight is 311 g/mol. The molecule has 1 amide bonds. The summed E-state index contributed by atoms with van der Waals surface area (Å²) in [7, 11) is -4.33. The van der Waals surface area contributed by atoms with Crippen LogP contribution in [0.15, 0.2) is 29.2 Å². The number of amides is 1. The van der Waals surface area contributed by atoms with Crippen LogP contribution in [0.3, 0.4) is 0 Å². The van der Waals surface area contributed by atoms with E-state index in [1.54, 1.807) is 26.8 Å². The van der Waals surface area contributed by atoms with Gasteiger partial charge >= 0.3 is 6.09 Å². The molecule has 1 rings (SSSR count). The summed E-state index contributed by atoms with van der Waals surface area (Å²) in [6, 6.07) is 5.79. The standard InChI is InChI=1S/C14H17NO5S/c1-14(2,3)20-13(16)15-10-6-8-11-7-4-5-9-12(11)21(17,18)19/h4-5,7,9H,10H2,1-3H3,(H,15,16)(H,17,18,19). The third-order valence-electron chi connectivity index (χ3n) is 2.11. The largest absolute Gasteiger partial charge is 0.444 e. The molecule has 7 heteroatoms. The summed E-state index contributed by atoms with van der Waals surface area (Å²) in [6.45, 7) is 5.20. The van der Waals surface area contributed by atoms with Crippen molar-refractivity contribution < 1.29 is 22.5 Å². The van der Waals surface area contributed by atoms with Crippen LogP contribution in [-0.2, 0) is 14.9 Å². The second-order valence-corrected chi connectivity index (χ2v) is 6.52. The lowest BCUT2D eigenvalue weighted by molar-refractivity contribution is 0.0535. The molecule has 0 saturated heterocycles.